The van der Waals surface area contributed by atoms with Gasteiger partial charge in [-0.25, -0.2) is 0 Å². The molecule has 0 aromatic rings. The van der Waals surface area contributed by atoms with E-state index >= 15 is 0 Å². The number of ether oxygens (including phenoxy) is 1. The predicted molar refractivity (Wildman–Crippen MR) is 80.7 cm³/mol. The summed E-state index contributed by atoms with van der Waals surface area (Å²) >= 11 is 0. The quantitative estimate of drug-likeness (QED) is 0.844. The Morgan fingerprint density at radius 2 is 1.90 bits per heavy atom. The fourth-order valence-corrected chi connectivity index (χ4v) is 3.14. The molecule has 2 fully saturated rings. The number of hydrogen-bond donors (Lipinski definition) is 1. The van der Waals surface area contributed by atoms with Gasteiger partial charge in [-0.15, -0.1) is 0 Å². The number of nitrogens with one attached hydrogen (secondary N) is 1. The maximum atomic E-state index is 12.9. The molecule has 4 unspecified atom stereocenters. The molecule has 120 valence electrons. The maximum absolute atomic E-state index is 12.9. The molecule has 0 aromatic heterocycles. The second-order valence-corrected chi connectivity index (χ2v) is 7.56. The van der Waals surface area contributed by atoms with Gasteiger partial charge in [0, 0.05) is 19.0 Å². The third kappa shape index (κ3) is 3.76. The van der Waals surface area contributed by atoms with Crippen molar-refractivity contribution in [3.05, 3.63) is 0 Å². The van der Waals surface area contributed by atoms with Crippen LogP contribution in [-0.4, -0.2) is 47.6 Å². The van der Waals surface area contributed by atoms with E-state index in [0.29, 0.717) is 13.0 Å². The smallest absolute Gasteiger partial charge is 0.246 e. The summed E-state index contributed by atoms with van der Waals surface area (Å²) in [6, 6.07) is -0.543. The summed E-state index contributed by atoms with van der Waals surface area (Å²) in [4.78, 5) is 26.7. The van der Waals surface area contributed by atoms with Gasteiger partial charge in [0.25, 0.3) is 0 Å². The Kier molecular flexibility index (Phi) is 4.61. The van der Waals surface area contributed by atoms with Gasteiger partial charge in [0.1, 0.15) is 6.04 Å². The Labute approximate surface area is 127 Å². The van der Waals surface area contributed by atoms with Crippen LogP contribution in [0.2, 0.25) is 0 Å². The van der Waals surface area contributed by atoms with Crippen molar-refractivity contribution in [1.29, 1.82) is 0 Å². The largest absolute Gasteiger partial charge is 0.373 e. The summed E-state index contributed by atoms with van der Waals surface area (Å²) in [5.74, 6) is -0.0250. The van der Waals surface area contributed by atoms with Crippen molar-refractivity contribution in [3.63, 3.8) is 0 Å². The highest BCUT2D eigenvalue weighted by Gasteiger charge is 2.41. The molecule has 0 bridgehead atoms. The van der Waals surface area contributed by atoms with Crippen molar-refractivity contribution in [3.8, 4) is 0 Å². The van der Waals surface area contributed by atoms with E-state index in [0.717, 1.165) is 12.8 Å². The number of nitrogens with zero attached hydrogens (tertiary/aromatic N) is 1. The minimum atomic E-state index is -0.464. The van der Waals surface area contributed by atoms with Gasteiger partial charge in [0.2, 0.25) is 11.8 Å². The summed E-state index contributed by atoms with van der Waals surface area (Å²) < 4.78 is 5.85. The van der Waals surface area contributed by atoms with E-state index in [9.17, 15) is 9.59 Å². The zero-order valence-electron chi connectivity index (χ0n) is 13.8. The van der Waals surface area contributed by atoms with E-state index in [1.165, 1.54) is 0 Å². The van der Waals surface area contributed by atoms with Gasteiger partial charge in [-0.3, -0.25) is 9.59 Å². The number of carbonyl (C=O) groups excluding carboxylic acids is 2. The third-order valence-electron chi connectivity index (χ3n) is 4.43. The van der Waals surface area contributed by atoms with Crippen molar-refractivity contribution in [2.75, 3.05) is 6.54 Å². The summed E-state index contributed by atoms with van der Waals surface area (Å²) in [6.07, 6.45) is 2.76. The lowest BCUT2D eigenvalue weighted by Gasteiger charge is -2.35. The van der Waals surface area contributed by atoms with Gasteiger partial charge in [-0.2, -0.15) is 0 Å². The van der Waals surface area contributed by atoms with E-state index in [-0.39, 0.29) is 35.5 Å². The molecule has 21 heavy (non-hydrogen) atoms. The molecule has 2 rings (SSSR count). The molecule has 0 aliphatic carbocycles. The standard InChI is InChI=1S/C16H28N2O3/c1-10-8-13(19)17-14(16(3,4)5)15(20)18(10)9-12-7-6-11(2)21-12/h10-12,14H,6-9H2,1-5H3,(H,17,19). The van der Waals surface area contributed by atoms with Gasteiger partial charge in [-0.05, 0) is 32.1 Å². The molecule has 2 aliphatic rings. The highest BCUT2D eigenvalue weighted by molar-refractivity contribution is 5.91. The van der Waals surface area contributed by atoms with Crippen molar-refractivity contribution in [2.45, 2.75) is 78.2 Å². The Morgan fingerprint density at radius 3 is 2.43 bits per heavy atom. The molecule has 2 saturated heterocycles. The third-order valence-corrected chi connectivity index (χ3v) is 4.43. The lowest BCUT2D eigenvalue weighted by molar-refractivity contribution is -0.139. The SMILES string of the molecule is CC1CCC(CN2C(=O)C(C(C)(C)C)NC(=O)CC2C)O1. The molecule has 0 aromatic carbocycles. The van der Waals surface area contributed by atoms with Crippen molar-refractivity contribution < 1.29 is 14.3 Å². The molecule has 0 radical (unpaired) electrons. The molecule has 5 heteroatoms. The molecule has 5 nitrogen and oxygen atoms in total. The first-order valence-corrected chi connectivity index (χ1v) is 7.93. The highest BCUT2D eigenvalue weighted by atomic mass is 16.5. The lowest BCUT2D eigenvalue weighted by Crippen LogP contribution is -2.54. The van der Waals surface area contributed by atoms with Crippen LogP contribution in [0.5, 0.6) is 0 Å². The zero-order valence-corrected chi connectivity index (χ0v) is 13.8. The van der Waals surface area contributed by atoms with Crippen LogP contribution in [0, 0.1) is 5.41 Å². The van der Waals surface area contributed by atoms with Crippen molar-refractivity contribution in [2.24, 2.45) is 5.41 Å². The molecule has 4 atom stereocenters. The molecule has 2 amide bonds. The average Bonchev–Trinajstić information content (AvgIpc) is 2.71. The van der Waals surface area contributed by atoms with Crippen LogP contribution in [0.25, 0.3) is 0 Å². The van der Waals surface area contributed by atoms with Crippen LogP contribution in [0.1, 0.15) is 53.9 Å². The normalized spacial score (nSPS) is 34.8. The van der Waals surface area contributed by atoms with Crippen molar-refractivity contribution in [1.82, 2.24) is 10.2 Å². The number of amides is 2. The average molecular weight is 296 g/mol. The fraction of sp³-hybridized carbons (Fsp3) is 0.875. The minimum Gasteiger partial charge on any atom is -0.373 e. The molecular formula is C16H28N2O3. The molecule has 1 N–H and O–H groups in total. The second-order valence-electron chi connectivity index (χ2n) is 7.56. The van der Waals surface area contributed by atoms with Gasteiger partial charge in [0.15, 0.2) is 0 Å². The van der Waals surface area contributed by atoms with Crippen LogP contribution < -0.4 is 5.32 Å². The Balaban J connectivity index is 2.16. The topological polar surface area (TPSA) is 58.6 Å². The Morgan fingerprint density at radius 1 is 1.24 bits per heavy atom. The molecule has 2 heterocycles. The lowest BCUT2D eigenvalue weighted by atomic mass is 9.86. The van der Waals surface area contributed by atoms with Crippen molar-refractivity contribution >= 4 is 11.8 Å². The first kappa shape index (κ1) is 16.3. The molecule has 0 spiro atoms. The predicted octanol–water partition coefficient (Wildman–Crippen LogP) is 1.71. The Bertz CT molecular complexity index is 416. The van der Waals surface area contributed by atoms with Gasteiger partial charge >= 0.3 is 0 Å². The van der Waals surface area contributed by atoms with E-state index in [1.54, 1.807) is 0 Å². The number of rotatable bonds is 2. The van der Waals surface area contributed by atoms with Gasteiger partial charge in [-0.1, -0.05) is 20.8 Å². The van der Waals surface area contributed by atoms with Gasteiger partial charge < -0.3 is 15.0 Å². The second kappa shape index (κ2) is 5.95. The van der Waals surface area contributed by atoms with E-state index < -0.39 is 6.04 Å². The van der Waals surface area contributed by atoms with E-state index in [1.807, 2.05) is 32.6 Å². The first-order chi connectivity index (χ1) is 9.68. The first-order valence-electron chi connectivity index (χ1n) is 7.93. The van der Waals surface area contributed by atoms with Crippen LogP contribution in [-0.2, 0) is 14.3 Å². The summed E-state index contributed by atoms with van der Waals surface area (Å²) in [7, 11) is 0. The van der Waals surface area contributed by atoms with E-state index in [4.69, 9.17) is 4.74 Å². The monoisotopic (exact) mass is 296 g/mol. The van der Waals surface area contributed by atoms with Gasteiger partial charge in [0.05, 0.1) is 12.2 Å². The Hall–Kier alpha value is -1.10. The maximum Gasteiger partial charge on any atom is 0.246 e. The van der Waals surface area contributed by atoms with E-state index in [2.05, 4.69) is 12.2 Å². The summed E-state index contributed by atoms with van der Waals surface area (Å²) in [5.41, 5.74) is -0.293. The van der Waals surface area contributed by atoms with Crippen LogP contribution in [0.4, 0.5) is 0 Å². The number of hydrogen-bond acceptors (Lipinski definition) is 3. The summed E-state index contributed by atoms with van der Waals surface area (Å²) in [6.45, 7) is 10.6. The van der Waals surface area contributed by atoms with Crippen LogP contribution in [0.3, 0.4) is 0 Å². The fourth-order valence-electron chi connectivity index (χ4n) is 3.14. The molecule has 2 aliphatic heterocycles. The highest BCUT2D eigenvalue weighted by Crippen LogP contribution is 2.27. The minimum absolute atomic E-state index is 0.0176. The van der Waals surface area contributed by atoms with Crippen LogP contribution >= 0.6 is 0 Å². The summed E-state index contributed by atoms with van der Waals surface area (Å²) in [5, 5.41) is 2.89. The molecule has 0 saturated carbocycles. The van der Waals surface area contributed by atoms with Crippen LogP contribution in [0.15, 0.2) is 0 Å². The number of carbonyl (C=O) groups is 2. The zero-order chi connectivity index (χ0) is 15.8. The molecular weight excluding hydrogens is 268 g/mol.